The molecule has 1 aliphatic rings. The van der Waals surface area contributed by atoms with Crippen molar-refractivity contribution in [1.82, 2.24) is 24.3 Å². The second-order valence-corrected chi connectivity index (χ2v) is 8.59. The molecule has 1 fully saturated rings. The van der Waals surface area contributed by atoms with Crippen LogP contribution in [0.4, 0.5) is 0 Å². The molecule has 25 heavy (non-hydrogen) atoms. The number of thiophene rings is 1. The average Bonchev–Trinajstić information content (AvgIpc) is 3.36. The van der Waals surface area contributed by atoms with Crippen molar-refractivity contribution < 1.29 is 12.8 Å². The van der Waals surface area contributed by atoms with Crippen LogP contribution in [0.1, 0.15) is 30.5 Å². The summed E-state index contributed by atoms with van der Waals surface area (Å²) in [6.45, 7) is 2.17. The van der Waals surface area contributed by atoms with E-state index in [9.17, 15) is 8.42 Å². The first-order valence-electron chi connectivity index (χ1n) is 7.85. The minimum Gasteiger partial charge on any atom is -0.419 e. The van der Waals surface area contributed by atoms with Gasteiger partial charge < -0.3 is 4.42 Å². The predicted molar refractivity (Wildman–Crippen MR) is 91.4 cm³/mol. The first-order valence-corrected chi connectivity index (χ1v) is 10.2. The highest BCUT2D eigenvalue weighted by Crippen LogP contribution is 2.37. The summed E-state index contributed by atoms with van der Waals surface area (Å²) in [6, 6.07) is 1.45. The molecule has 0 saturated carbocycles. The van der Waals surface area contributed by atoms with Crippen LogP contribution in [-0.2, 0) is 17.1 Å². The molecule has 0 N–H and O–H groups in total. The Morgan fingerprint density at radius 2 is 2.20 bits per heavy atom. The van der Waals surface area contributed by atoms with Gasteiger partial charge in [0.2, 0.25) is 21.8 Å². The smallest absolute Gasteiger partial charge is 0.248 e. The Hall–Kier alpha value is -2.04. The standard InChI is InChI=1S/C15H17N5O3S2/c1-10-13(8-16-19(10)2)25(21,22)20-6-3-4-12(20)15-18-17-14(23-15)11-5-7-24-9-11/h5,7-9,12H,3-4,6H2,1-2H3/t12-/m0/s1. The number of aryl methyl sites for hydroxylation is 1. The van der Waals surface area contributed by atoms with Gasteiger partial charge in [-0.15, -0.1) is 10.2 Å². The molecule has 1 saturated heterocycles. The highest BCUT2D eigenvalue weighted by atomic mass is 32.2. The molecule has 3 aromatic rings. The zero-order valence-corrected chi connectivity index (χ0v) is 15.4. The summed E-state index contributed by atoms with van der Waals surface area (Å²) in [5, 5.41) is 16.1. The lowest BCUT2D eigenvalue weighted by molar-refractivity contribution is 0.332. The molecular formula is C15H17N5O3S2. The Morgan fingerprint density at radius 1 is 1.36 bits per heavy atom. The van der Waals surface area contributed by atoms with Crippen molar-refractivity contribution in [3.8, 4) is 11.5 Å². The molecule has 0 aliphatic carbocycles. The van der Waals surface area contributed by atoms with Gasteiger partial charge in [0.25, 0.3) is 0 Å². The van der Waals surface area contributed by atoms with Gasteiger partial charge >= 0.3 is 0 Å². The van der Waals surface area contributed by atoms with Crippen molar-refractivity contribution in [2.45, 2.75) is 30.7 Å². The lowest BCUT2D eigenvalue weighted by Crippen LogP contribution is -2.31. The van der Waals surface area contributed by atoms with Crippen molar-refractivity contribution in [3.63, 3.8) is 0 Å². The van der Waals surface area contributed by atoms with Crippen LogP contribution in [0.3, 0.4) is 0 Å². The molecule has 4 rings (SSSR count). The Labute approximate surface area is 149 Å². The third-order valence-electron chi connectivity index (χ3n) is 4.47. The Bertz CT molecular complexity index is 990. The van der Waals surface area contributed by atoms with Crippen molar-refractivity contribution in [1.29, 1.82) is 0 Å². The third-order valence-corrected chi connectivity index (χ3v) is 7.17. The van der Waals surface area contributed by atoms with E-state index >= 15 is 0 Å². The maximum Gasteiger partial charge on any atom is 0.248 e. The molecule has 0 amide bonds. The first-order chi connectivity index (χ1) is 12.0. The fraction of sp³-hybridized carbons (Fsp3) is 0.400. The molecule has 3 aromatic heterocycles. The van der Waals surface area contributed by atoms with Crippen LogP contribution in [0.25, 0.3) is 11.5 Å². The third kappa shape index (κ3) is 2.70. The molecule has 4 heterocycles. The highest BCUT2D eigenvalue weighted by Gasteiger charge is 2.40. The van der Waals surface area contributed by atoms with E-state index in [2.05, 4.69) is 15.3 Å². The number of hydrogen-bond donors (Lipinski definition) is 0. The van der Waals surface area contributed by atoms with E-state index in [1.165, 1.54) is 21.8 Å². The molecule has 0 spiro atoms. The second kappa shape index (κ2) is 6.04. The molecule has 0 radical (unpaired) electrons. The molecule has 0 bridgehead atoms. The van der Waals surface area contributed by atoms with Crippen LogP contribution in [-0.4, -0.2) is 39.2 Å². The minimum absolute atomic E-state index is 0.222. The summed E-state index contributed by atoms with van der Waals surface area (Å²) in [7, 11) is -1.94. The lowest BCUT2D eigenvalue weighted by Gasteiger charge is -2.21. The summed E-state index contributed by atoms with van der Waals surface area (Å²) in [5.74, 6) is 0.752. The Morgan fingerprint density at radius 3 is 2.88 bits per heavy atom. The molecular weight excluding hydrogens is 362 g/mol. The van der Waals surface area contributed by atoms with Crippen LogP contribution in [0.15, 0.2) is 32.3 Å². The molecule has 1 atom stereocenters. The fourth-order valence-corrected chi connectivity index (χ4v) is 5.47. The van der Waals surface area contributed by atoms with E-state index in [1.54, 1.807) is 18.7 Å². The Balaban J connectivity index is 1.68. The summed E-state index contributed by atoms with van der Waals surface area (Å²) in [5.41, 5.74) is 1.45. The van der Waals surface area contributed by atoms with E-state index < -0.39 is 16.1 Å². The summed E-state index contributed by atoms with van der Waals surface area (Å²) < 4.78 is 34.9. The highest BCUT2D eigenvalue weighted by molar-refractivity contribution is 7.89. The summed E-state index contributed by atoms with van der Waals surface area (Å²) in [6.07, 6.45) is 2.80. The van der Waals surface area contributed by atoms with E-state index in [4.69, 9.17) is 4.42 Å². The summed E-state index contributed by atoms with van der Waals surface area (Å²) in [4.78, 5) is 0.222. The molecule has 0 aromatic carbocycles. The zero-order valence-electron chi connectivity index (χ0n) is 13.8. The normalized spacial score (nSPS) is 18.9. The van der Waals surface area contributed by atoms with Crippen LogP contribution >= 0.6 is 11.3 Å². The lowest BCUT2D eigenvalue weighted by atomic mass is 10.2. The van der Waals surface area contributed by atoms with Crippen LogP contribution in [0, 0.1) is 6.92 Å². The molecule has 8 nitrogen and oxygen atoms in total. The average molecular weight is 379 g/mol. The zero-order chi connectivity index (χ0) is 17.6. The van der Waals surface area contributed by atoms with Gasteiger partial charge in [-0.3, -0.25) is 4.68 Å². The van der Waals surface area contributed by atoms with Gasteiger partial charge in [-0.25, -0.2) is 8.42 Å². The maximum atomic E-state index is 13.1. The SMILES string of the molecule is Cc1c(S(=O)(=O)N2CCC[C@H]2c2nnc(-c3ccsc3)o2)cnn1C. The largest absolute Gasteiger partial charge is 0.419 e. The molecule has 0 unspecified atom stereocenters. The van der Waals surface area contributed by atoms with Crippen LogP contribution in [0.5, 0.6) is 0 Å². The number of hydrogen-bond acceptors (Lipinski definition) is 7. The van der Waals surface area contributed by atoms with Gasteiger partial charge in [-0.1, -0.05) is 0 Å². The van der Waals surface area contributed by atoms with E-state index in [0.29, 0.717) is 30.4 Å². The molecule has 132 valence electrons. The van der Waals surface area contributed by atoms with Crippen molar-refractivity contribution in [2.75, 3.05) is 6.54 Å². The van der Waals surface area contributed by atoms with E-state index in [-0.39, 0.29) is 4.90 Å². The number of aromatic nitrogens is 4. The predicted octanol–water partition coefficient (Wildman–Crippen LogP) is 2.37. The van der Waals surface area contributed by atoms with Crippen molar-refractivity contribution in [2.24, 2.45) is 7.05 Å². The van der Waals surface area contributed by atoms with E-state index in [1.807, 2.05) is 16.8 Å². The van der Waals surface area contributed by atoms with Crippen LogP contribution in [0.2, 0.25) is 0 Å². The quantitative estimate of drug-likeness (QED) is 0.691. The minimum atomic E-state index is -3.67. The van der Waals surface area contributed by atoms with Crippen LogP contribution < -0.4 is 0 Å². The Kier molecular flexibility index (Phi) is 3.97. The van der Waals surface area contributed by atoms with Gasteiger partial charge in [0.1, 0.15) is 10.9 Å². The van der Waals surface area contributed by atoms with Crippen molar-refractivity contribution in [3.05, 3.63) is 34.6 Å². The van der Waals surface area contributed by atoms with E-state index in [0.717, 1.165) is 12.0 Å². The fourth-order valence-electron chi connectivity index (χ4n) is 3.00. The van der Waals surface area contributed by atoms with Gasteiger partial charge in [0, 0.05) is 24.5 Å². The summed E-state index contributed by atoms with van der Waals surface area (Å²) >= 11 is 1.54. The van der Waals surface area contributed by atoms with Crippen molar-refractivity contribution >= 4 is 21.4 Å². The number of rotatable bonds is 4. The monoisotopic (exact) mass is 379 g/mol. The maximum absolute atomic E-state index is 13.1. The molecule has 10 heteroatoms. The number of sulfonamides is 1. The van der Waals surface area contributed by atoms with Gasteiger partial charge in [-0.05, 0) is 31.2 Å². The second-order valence-electron chi connectivity index (χ2n) is 5.95. The topological polar surface area (TPSA) is 94.1 Å². The van der Waals surface area contributed by atoms with Gasteiger partial charge in [0.05, 0.1) is 11.9 Å². The molecule has 1 aliphatic heterocycles. The van der Waals surface area contributed by atoms with Gasteiger partial charge in [-0.2, -0.15) is 20.7 Å². The van der Waals surface area contributed by atoms with Gasteiger partial charge in [0.15, 0.2) is 0 Å². The first kappa shape index (κ1) is 16.4. The number of nitrogens with zero attached hydrogens (tertiary/aromatic N) is 5.